The molecule has 3 aromatic rings. The van der Waals surface area contributed by atoms with Crippen molar-refractivity contribution < 1.29 is 19.4 Å². The number of aliphatic hydroxyl groups excluding tert-OH is 1. The lowest BCUT2D eigenvalue weighted by molar-refractivity contribution is -0.132. The topological polar surface area (TPSA) is 101 Å². The van der Waals surface area contributed by atoms with Crippen molar-refractivity contribution in [2.24, 2.45) is 4.99 Å². The minimum Gasteiger partial charge on any atom is -0.505 e. The van der Waals surface area contributed by atoms with E-state index in [0.717, 1.165) is 6.21 Å². The Morgan fingerprint density at radius 1 is 1.33 bits per heavy atom. The first-order valence-electron chi connectivity index (χ1n) is 6.94. The van der Waals surface area contributed by atoms with Crippen molar-refractivity contribution >= 4 is 35.1 Å². The highest BCUT2D eigenvalue weighted by atomic mass is 32.1. The highest BCUT2D eigenvalue weighted by molar-refractivity contribution is 7.11. The van der Waals surface area contributed by atoms with Gasteiger partial charge in [0.1, 0.15) is 23.6 Å². The average molecular weight is 343 g/mol. The third-order valence-electron chi connectivity index (χ3n) is 3.15. The molecule has 0 fully saturated rings. The second-order valence-corrected chi connectivity index (χ2v) is 5.68. The highest BCUT2D eigenvalue weighted by Gasteiger charge is 2.15. The van der Waals surface area contributed by atoms with Crippen LogP contribution in [0.1, 0.15) is 10.6 Å². The van der Waals surface area contributed by atoms with Gasteiger partial charge in [0, 0.05) is 12.3 Å². The Bertz CT molecular complexity index is 876. The summed E-state index contributed by atoms with van der Waals surface area (Å²) in [6.07, 6.45) is 4.23. The SMILES string of the molecule is O=C(O)C(C=Nc1ccnn1Cc1ccco1)=C(O)c1cccs1. The number of carbonyl (C=O) groups is 1. The quantitative estimate of drug-likeness (QED) is 0.406. The number of nitrogens with zero attached hydrogens (tertiary/aromatic N) is 3. The fourth-order valence-electron chi connectivity index (χ4n) is 2.00. The molecule has 122 valence electrons. The zero-order valence-corrected chi connectivity index (χ0v) is 13.2. The van der Waals surface area contributed by atoms with Crippen molar-refractivity contribution in [2.75, 3.05) is 0 Å². The van der Waals surface area contributed by atoms with E-state index in [0.29, 0.717) is 23.0 Å². The number of hydrogen-bond acceptors (Lipinski definition) is 6. The van der Waals surface area contributed by atoms with Crippen molar-refractivity contribution in [1.29, 1.82) is 0 Å². The predicted octanol–water partition coefficient (Wildman–Crippen LogP) is 3.34. The summed E-state index contributed by atoms with van der Waals surface area (Å²) in [7, 11) is 0. The molecule has 0 unspecified atom stereocenters. The van der Waals surface area contributed by atoms with Gasteiger partial charge in [-0.1, -0.05) is 6.07 Å². The molecule has 0 spiro atoms. The first-order chi connectivity index (χ1) is 11.6. The summed E-state index contributed by atoms with van der Waals surface area (Å²) in [5.74, 6) is -0.435. The number of aliphatic imine (C=N–C) groups is 1. The van der Waals surface area contributed by atoms with Crippen LogP contribution in [0.4, 0.5) is 5.82 Å². The van der Waals surface area contributed by atoms with Gasteiger partial charge in [0.05, 0.1) is 17.3 Å². The molecule has 8 heteroatoms. The molecule has 0 radical (unpaired) electrons. The molecule has 3 aromatic heterocycles. The number of aromatic nitrogens is 2. The monoisotopic (exact) mass is 343 g/mol. The number of carboxylic acids is 1. The number of hydrogen-bond donors (Lipinski definition) is 2. The Hall–Kier alpha value is -3.13. The van der Waals surface area contributed by atoms with Crippen molar-refractivity contribution in [1.82, 2.24) is 9.78 Å². The van der Waals surface area contributed by atoms with E-state index in [9.17, 15) is 15.0 Å². The molecule has 24 heavy (non-hydrogen) atoms. The van der Waals surface area contributed by atoms with Crippen molar-refractivity contribution in [3.63, 3.8) is 0 Å². The van der Waals surface area contributed by atoms with E-state index in [1.807, 2.05) is 0 Å². The van der Waals surface area contributed by atoms with E-state index in [-0.39, 0.29) is 11.3 Å². The highest BCUT2D eigenvalue weighted by Crippen LogP contribution is 2.21. The number of furan rings is 1. The van der Waals surface area contributed by atoms with E-state index in [1.54, 1.807) is 52.9 Å². The van der Waals surface area contributed by atoms with Crippen LogP contribution in [0.3, 0.4) is 0 Å². The van der Waals surface area contributed by atoms with Gasteiger partial charge >= 0.3 is 5.97 Å². The maximum Gasteiger partial charge on any atom is 0.341 e. The summed E-state index contributed by atoms with van der Waals surface area (Å²) in [5.41, 5.74) is -0.289. The number of carboxylic acid groups (broad SMARTS) is 1. The predicted molar refractivity (Wildman–Crippen MR) is 89.7 cm³/mol. The van der Waals surface area contributed by atoms with Gasteiger partial charge in [0.2, 0.25) is 0 Å². The Balaban J connectivity index is 1.88. The standard InChI is InChI=1S/C16H13N3O4S/c20-15(13-4-2-8-24-13)12(16(21)22)9-17-14-5-6-18-19(14)10-11-3-1-7-23-11/h1-9,20H,10H2,(H,21,22). The lowest BCUT2D eigenvalue weighted by Gasteiger charge is -2.02. The first kappa shape index (κ1) is 15.8. The molecule has 7 nitrogen and oxygen atoms in total. The average Bonchev–Trinajstić information content (AvgIpc) is 3.30. The lowest BCUT2D eigenvalue weighted by Crippen LogP contribution is -2.06. The minimum absolute atomic E-state index is 0.289. The fraction of sp³-hybridized carbons (Fsp3) is 0.0625. The van der Waals surface area contributed by atoms with Crippen LogP contribution < -0.4 is 0 Å². The van der Waals surface area contributed by atoms with Gasteiger partial charge in [-0.15, -0.1) is 11.3 Å². The van der Waals surface area contributed by atoms with E-state index in [4.69, 9.17) is 4.42 Å². The van der Waals surface area contributed by atoms with Gasteiger partial charge in [0.15, 0.2) is 5.82 Å². The zero-order chi connectivity index (χ0) is 16.9. The van der Waals surface area contributed by atoms with E-state index in [2.05, 4.69) is 10.1 Å². The Labute approximate surface area is 140 Å². The van der Waals surface area contributed by atoms with Crippen LogP contribution in [0, 0.1) is 0 Å². The van der Waals surface area contributed by atoms with Crippen LogP contribution in [-0.4, -0.2) is 32.2 Å². The summed E-state index contributed by atoms with van der Waals surface area (Å²) >= 11 is 1.24. The molecule has 2 N–H and O–H groups in total. The molecular weight excluding hydrogens is 330 g/mol. The number of thiophene rings is 1. The lowest BCUT2D eigenvalue weighted by atomic mass is 10.2. The smallest absolute Gasteiger partial charge is 0.341 e. The second kappa shape index (κ2) is 6.97. The molecule has 0 aliphatic carbocycles. The van der Waals surface area contributed by atoms with E-state index in [1.165, 1.54) is 11.3 Å². The zero-order valence-electron chi connectivity index (χ0n) is 12.4. The fourth-order valence-corrected chi connectivity index (χ4v) is 2.68. The van der Waals surface area contributed by atoms with Crippen molar-refractivity contribution in [3.8, 4) is 0 Å². The third kappa shape index (κ3) is 3.44. The van der Waals surface area contributed by atoms with Gasteiger partial charge in [-0.3, -0.25) is 0 Å². The van der Waals surface area contributed by atoms with Gasteiger partial charge in [0.25, 0.3) is 0 Å². The Morgan fingerprint density at radius 3 is 2.88 bits per heavy atom. The first-order valence-corrected chi connectivity index (χ1v) is 7.82. The molecule has 0 aliphatic rings. The minimum atomic E-state index is -1.26. The van der Waals surface area contributed by atoms with Crippen molar-refractivity contribution in [2.45, 2.75) is 6.54 Å². The van der Waals surface area contributed by atoms with Crippen LogP contribution in [-0.2, 0) is 11.3 Å². The van der Waals surface area contributed by atoms with Crippen LogP contribution in [0.5, 0.6) is 0 Å². The summed E-state index contributed by atoms with van der Waals surface area (Å²) in [6, 6.07) is 8.58. The third-order valence-corrected chi connectivity index (χ3v) is 4.02. The van der Waals surface area contributed by atoms with Gasteiger partial charge in [-0.25, -0.2) is 14.5 Å². The van der Waals surface area contributed by atoms with Crippen LogP contribution in [0.25, 0.3) is 5.76 Å². The van der Waals surface area contributed by atoms with Gasteiger partial charge in [-0.05, 0) is 23.6 Å². The second-order valence-electron chi connectivity index (χ2n) is 4.73. The number of aliphatic hydroxyl groups is 1. The summed E-state index contributed by atoms with van der Waals surface area (Å²) < 4.78 is 6.82. The molecule has 0 saturated carbocycles. The van der Waals surface area contributed by atoms with E-state index >= 15 is 0 Å². The molecule has 0 amide bonds. The molecule has 3 rings (SSSR count). The van der Waals surface area contributed by atoms with Crippen LogP contribution in [0.2, 0.25) is 0 Å². The van der Waals surface area contributed by atoms with Crippen molar-refractivity contribution in [3.05, 3.63) is 64.4 Å². The summed E-state index contributed by atoms with van der Waals surface area (Å²) in [4.78, 5) is 16.0. The number of aliphatic carboxylic acids is 1. The molecule has 0 bridgehead atoms. The van der Waals surface area contributed by atoms with Crippen LogP contribution >= 0.6 is 11.3 Å². The van der Waals surface area contributed by atoms with E-state index < -0.39 is 5.97 Å². The largest absolute Gasteiger partial charge is 0.505 e. The van der Waals surface area contributed by atoms with Crippen LogP contribution in [0.15, 0.2) is 63.2 Å². The summed E-state index contributed by atoms with van der Waals surface area (Å²) in [5, 5.41) is 25.3. The molecule has 0 aromatic carbocycles. The maximum absolute atomic E-state index is 11.4. The number of rotatable bonds is 6. The van der Waals surface area contributed by atoms with Gasteiger partial charge in [-0.2, -0.15) is 5.10 Å². The summed E-state index contributed by atoms with van der Waals surface area (Å²) in [6.45, 7) is 0.371. The Morgan fingerprint density at radius 2 is 2.21 bits per heavy atom. The molecular formula is C16H13N3O4S. The molecule has 3 heterocycles. The molecule has 0 aliphatic heterocycles. The normalized spacial score (nSPS) is 12.5. The molecule has 0 atom stereocenters. The van der Waals surface area contributed by atoms with Gasteiger partial charge < -0.3 is 14.6 Å². The maximum atomic E-state index is 11.4. The Kier molecular flexibility index (Phi) is 4.57. The molecule has 0 saturated heterocycles.